The summed E-state index contributed by atoms with van der Waals surface area (Å²) in [4.78, 5) is 16.1. The fourth-order valence-electron chi connectivity index (χ4n) is 2.76. The molecule has 0 unspecified atom stereocenters. The van der Waals surface area contributed by atoms with Gasteiger partial charge in [0.25, 0.3) is 0 Å². The third kappa shape index (κ3) is 2.13. The Balaban J connectivity index is 2.10. The Hall–Kier alpha value is -2.14. The number of rotatable bonds is 2. The Morgan fingerprint density at radius 2 is 1.95 bits per heavy atom. The number of aromatic nitrogens is 2. The highest BCUT2D eigenvalue weighted by atomic mass is 79.9. The van der Waals surface area contributed by atoms with Gasteiger partial charge in [0.2, 0.25) is 5.88 Å². The minimum absolute atomic E-state index is 0.217. The molecule has 5 heteroatoms. The third-order valence-corrected chi connectivity index (χ3v) is 4.71. The Morgan fingerprint density at radius 1 is 1.18 bits per heavy atom. The molecule has 1 aliphatic rings. The molecule has 1 aliphatic carbocycles. The van der Waals surface area contributed by atoms with E-state index in [0.717, 1.165) is 10.2 Å². The van der Waals surface area contributed by atoms with Crippen LogP contribution in [-0.4, -0.2) is 14.7 Å². The van der Waals surface area contributed by atoms with E-state index >= 15 is 0 Å². The summed E-state index contributed by atoms with van der Waals surface area (Å²) in [6, 6.07) is 13.3. The maximum absolute atomic E-state index is 12.4. The molecule has 110 valence electrons. The van der Waals surface area contributed by atoms with Gasteiger partial charge in [-0.15, -0.1) is 0 Å². The predicted molar refractivity (Wildman–Crippen MR) is 88.7 cm³/mol. The summed E-state index contributed by atoms with van der Waals surface area (Å²) in [6.07, 6.45) is 2.36. The Bertz CT molecular complexity index is 945. The van der Waals surface area contributed by atoms with Crippen LogP contribution in [0.4, 0.5) is 0 Å². The van der Waals surface area contributed by atoms with Gasteiger partial charge in [0.05, 0.1) is 16.6 Å². The van der Waals surface area contributed by atoms with Gasteiger partial charge in [0.15, 0.2) is 0 Å². The molecule has 2 aromatic carbocycles. The molecular weight excluding hydrogens is 344 g/mol. The van der Waals surface area contributed by atoms with Gasteiger partial charge in [-0.05, 0) is 64.5 Å². The smallest absolute Gasteiger partial charge is 0.356 e. The van der Waals surface area contributed by atoms with Crippen LogP contribution in [0.3, 0.4) is 0 Å². The molecule has 0 aliphatic heterocycles. The molecule has 0 atom stereocenters. The van der Waals surface area contributed by atoms with Crippen LogP contribution in [0.2, 0.25) is 0 Å². The Kier molecular flexibility index (Phi) is 3.04. The van der Waals surface area contributed by atoms with Crippen molar-refractivity contribution in [3.8, 4) is 11.6 Å². The summed E-state index contributed by atoms with van der Waals surface area (Å²) >= 11 is 3.48. The molecule has 1 N–H and O–H groups in total. The molecule has 0 saturated heterocycles. The van der Waals surface area contributed by atoms with Gasteiger partial charge < -0.3 is 5.11 Å². The Labute approximate surface area is 135 Å². The largest absolute Gasteiger partial charge is 0.493 e. The van der Waals surface area contributed by atoms with Gasteiger partial charge in [0, 0.05) is 4.47 Å². The zero-order valence-corrected chi connectivity index (χ0v) is 13.2. The van der Waals surface area contributed by atoms with Crippen LogP contribution in [-0.2, 0) is 0 Å². The van der Waals surface area contributed by atoms with E-state index in [1.165, 1.54) is 18.4 Å². The number of hydrogen-bond donors (Lipinski definition) is 1. The van der Waals surface area contributed by atoms with Crippen molar-refractivity contribution in [2.24, 2.45) is 0 Å². The molecule has 22 heavy (non-hydrogen) atoms. The summed E-state index contributed by atoms with van der Waals surface area (Å²) < 4.78 is 2.35. The van der Waals surface area contributed by atoms with Crippen molar-refractivity contribution in [3.05, 3.63) is 63.0 Å². The van der Waals surface area contributed by atoms with E-state index < -0.39 is 5.69 Å². The lowest BCUT2D eigenvalue weighted by atomic mass is 10.1. The van der Waals surface area contributed by atoms with Gasteiger partial charge in [-0.1, -0.05) is 18.2 Å². The van der Waals surface area contributed by atoms with Crippen LogP contribution in [0, 0.1) is 0 Å². The molecule has 0 amide bonds. The standard InChI is InChI=1S/C17H13BrN2O2/c18-13-3-1-2-4-14(13)20-15-9-11(10-5-6-10)7-8-12(15)16(21)19-17(20)22/h1-4,7-10H,5-6H2,(H,19,21,22). The van der Waals surface area contributed by atoms with E-state index in [1.54, 1.807) is 4.57 Å². The first-order valence-corrected chi connectivity index (χ1v) is 7.95. The molecule has 0 bridgehead atoms. The fraction of sp³-hybridized carbons (Fsp3) is 0.176. The van der Waals surface area contributed by atoms with Crippen molar-refractivity contribution in [1.82, 2.24) is 9.55 Å². The van der Waals surface area contributed by atoms with Gasteiger partial charge in [-0.25, -0.2) is 4.79 Å². The Morgan fingerprint density at radius 3 is 2.68 bits per heavy atom. The van der Waals surface area contributed by atoms with Gasteiger partial charge in [-0.3, -0.25) is 4.57 Å². The number of nitrogens with zero attached hydrogens (tertiary/aromatic N) is 2. The lowest BCUT2D eigenvalue weighted by Crippen LogP contribution is -2.22. The van der Waals surface area contributed by atoms with E-state index in [2.05, 4.69) is 20.9 Å². The molecular formula is C17H13BrN2O2. The quantitative estimate of drug-likeness (QED) is 0.760. The highest BCUT2D eigenvalue weighted by Crippen LogP contribution is 2.41. The molecule has 1 aromatic heterocycles. The van der Waals surface area contributed by atoms with Crippen LogP contribution in [0.5, 0.6) is 5.88 Å². The average molecular weight is 357 g/mol. The first-order chi connectivity index (χ1) is 10.6. The molecule has 0 radical (unpaired) electrons. The summed E-state index contributed by atoms with van der Waals surface area (Å²) in [5.74, 6) is 0.355. The van der Waals surface area contributed by atoms with E-state index in [1.807, 2.05) is 42.5 Å². The molecule has 4 rings (SSSR count). The SMILES string of the molecule is O=c1nc(O)c2ccc(C3CC3)cc2n1-c1ccccc1Br. The van der Waals surface area contributed by atoms with Crippen LogP contribution >= 0.6 is 15.9 Å². The molecule has 3 aromatic rings. The van der Waals surface area contributed by atoms with Crippen LogP contribution in [0.15, 0.2) is 51.7 Å². The first-order valence-electron chi connectivity index (χ1n) is 7.16. The summed E-state index contributed by atoms with van der Waals surface area (Å²) in [5, 5.41) is 10.6. The van der Waals surface area contributed by atoms with Crippen molar-refractivity contribution in [1.29, 1.82) is 0 Å². The normalized spacial score (nSPS) is 14.4. The predicted octanol–water partition coefficient (Wildman–Crippen LogP) is 3.73. The average Bonchev–Trinajstić information content (AvgIpc) is 3.33. The van der Waals surface area contributed by atoms with Crippen LogP contribution < -0.4 is 5.69 Å². The fourth-order valence-corrected chi connectivity index (χ4v) is 3.23. The summed E-state index contributed by atoms with van der Waals surface area (Å²) in [5.41, 5.74) is 2.13. The van der Waals surface area contributed by atoms with Gasteiger partial charge in [0.1, 0.15) is 0 Å². The lowest BCUT2D eigenvalue weighted by molar-refractivity contribution is 0.456. The lowest BCUT2D eigenvalue weighted by Gasteiger charge is -2.13. The number of aromatic hydroxyl groups is 1. The van der Waals surface area contributed by atoms with Crippen molar-refractivity contribution < 1.29 is 5.11 Å². The monoisotopic (exact) mass is 356 g/mol. The molecule has 1 saturated carbocycles. The zero-order valence-electron chi connectivity index (χ0n) is 11.7. The number of hydrogen-bond acceptors (Lipinski definition) is 3. The van der Waals surface area contributed by atoms with Crippen LogP contribution in [0.1, 0.15) is 24.3 Å². The molecule has 4 nitrogen and oxygen atoms in total. The number of halogens is 1. The third-order valence-electron chi connectivity index (χ3n) is 4.04. The van der Waals surface area contributed by atoms with Crippen molar-refractivity contribution in [2.45, 2.75) is 18.8 Å². The highest BCUT2D eigenvalue weighted by molar-refractivity contribution is 9.10. The van der Waals surface area contributed by atoms with Crippen molar-refractivity contribution in [3.63, 3.8) is 0 Å². The zero-order chi connectivity index (χ0) is 15.3. The van der Waals surface area contributed by atoms with E-state index in [9.17, 15) is 9.90 Å². The second kappa shape index (κ2) is 4.95. The highest BCUT2D eigenvalue weighted by Gasteiger charge is 2.24. The second-order valence-corrected chi connectivity index (χ2v) is 6.41. The minimum atomic E-state index is -0.482. The maximum Gasteiger partial charge on any atom is 0.356 e. The van der Waals surface area contributed by atoms with Crippen molar-refractivity contribution in [2.75, 3.05) is 0 Å². The van der Waals surface area contributed by atoms with Gasteiger partial charge >= 0.3 is 5.69 Å². The van der Waals surface area contributed by atoms with E-state index in [-0.39, 0.29) is 5.88 Å². The van der Waals surface area contributed by atoms with Crippen LogP contribution in [0.25, 0.3) is 16.6 Å². The minimum Gasteiger partial charge on any atom is -0.493 e. The summed E-state index contributed by atoms with van der Waals surface area (Å²) in [7, 11) is 0. The number of para-hydroxylation sites is 1. The molecule has 1 fully saturated rings. The van der Waals surface area contributed by atoms with Gasteiger partial charge in [-0.2, -0.15) is 4.98 Å². The first kappa shape index (κ1) is 13.5. The van der Waals surface area contributed by atoms with E-state index in [4.69, 9.17) is 0 Å². The number of benzene rings is 2. The topological polar surface area (TPSA) is 55.1 Å². The number of fused-ring (bicyclic) bond motifs is 1. The van der Waals surface area contributed by atoms with Crippen molar-refractivity contribution >= 4 is 26.8 Å². The molecule has 1 heterocycles. The second-order valence-electron chi connectivity index (χ2n) is 5.56. The summed E-state index contributed by atoms with van der Waals surface area (Å²) in [6.45, 7) is 0. The molecule has 0 spiro atoms. The maximum atomic E-state index is 12.4. The van der Waals surface area contributed by atoms with E-state index in [0.29, 0.717) is 16.8 Å².